The molecule has 0 spiro atoms. The first-order valence-corrected chi connectivity index (χ1v) is 6.36. The molecule has 106 valence electrons. The van der Waals surface area contributed by atoms with Gasteiger partial charge in [0.25, 0.3) is 5.56 Å². The highest BCUT2D eigenvalue weighted by molar-refractivity contribution is 5.85. The Morgan fingerprint density at radius 1 is 1.35 bits per heavy atom. The normalized spacial score (nSPS) is 10.5. The smallest absolute Gasteiger partial charge is 0.306 e. The lowest BCUT2D eigenvalue weighted by atomic mass is 10.1. The number of nitrogens with zero attached hydrogens (tertiary/aromatic N) is 1. The summed E-state index contributed by atoms with van der Waals surface area (Å²) in [4.78, 5) is 23.2. The number of methoxy groups -OCH3 is 1. The van der Waals surface area contributed by atoms with Crippen molar-refractivity contribution in [2.75, 3.05) is 13.7 Å². The number of aromatic nitrogens is 2. The number of rotatable bonds is 5. The molecule has 0 aliphatic carbocycles. The Labute approximate surface area is 115 Å². The molecule has 1 heterocycles. The van der Waals surface area contributed by atoms with Crippen molar-refractivity contribution >= 4 is 16.7 Å². The van der Waals surface area contributed by atoms with Crippen LogP contribution < -0.4 is 10.3 Å². The van der Waals surface area contributed by atoms with Gasteiger partial charge >= 0.3 is 5.97 Å². The van der Waals surface area contributed by atoms with E-state index >= 15 is 0 Å². The fourth-order valence-corrected chi connectivity index (χ4v) is 1.97. The lowest BCUT2D eigenvalue weighted by Crippen LogP contribution is -2.13. The van der Waals surface area contributed by atoms with Gasteiger partial charge in [0.15, 0.2) is 0 Å². The molecule has 6 nitrogen and oxygen atoms in total. The maximum Gasteiger partial charge on any atom is 0.306 e. The number of benzene rings is 1. The van der Waals surface area contributed by atoms with E-state index in [1.807, 2.05) is 0 Å². The van der Waals surface area contributed by atoms with Gasteiger partial charge < -0.3 is 9.47 Å². The average Bonchev–Trinajstić information content (AvgIpc) is 2.46. The van der Waals surface area contributed by atoms with Crippen molar-refractivity contribution in [3.8, 4) is 5.75 Å². The molecule has 0 atom stereocenters. The Kier molecular flexibility index (Phi) is 4.34. The van der Waals surface area contributed by atoms with E-state index in [2.05, 4.69) is 10.2 Å². The topological polar surface area (TPSA) is 81.3 Å². The van der Waals surface area contributed by atoms with Gasteiger partial charge in [-0.15, -0.1) is 0 Å². The van der Waals surface area contributed by atoms with Crippen molar-refractivity contribution in [1.29, 1.82) is 0 Å². The molecule has 0 fully saturated rings. The minimum Gasteiger partial charge on any atom is -0.497 e. The molecule has 0 aliphatic heterocycles. The summed E-state index contributed by atoms with van der Waals surface area (Å²) in [5.74, 6) is 0.327. The first-order valence-electron chi connectivity index (χ1n) is 6.36. The fraction of sp³-hybridized carbons (Fsp3) is 0.357. The van der Waals surface area contributed by atoms with Crippen LogP contribution >= 0.6 is 0 Å². The van der Waals surface area contributed by atoms with E-state index < -0.39 is 0 Å². The van der Waals surface area contributed by atoms with Crippen LogP contribution in [0.15, 0.2) is 23.0 Å². The van der Waals surface area contributed by atoms with E-state index in [4.69, 9.17) is 9.47 Å². The molecule has 0 amide bonds. The summed E-state index contributed by atoms with van der Waals surface area (Å²) in [5, 5.41) is 7.66. The first kappa shape index (κ1) is 14.0. The number of ether oxygens (including phenoxy) is 2. The third kappa shape index (κ3) is 2.96. The van der Waals surface area contributed by atoms with Crippen molar-refractivity contribution < 1.29 is 14.3 Å². The van der Waals surface area contributed by atoms with Gasteiger partial charge in [-0.25, -0.2) is 5.10 Å². The number of hydrogen-bond acceptors (Lipinski definition) is 5. The second-order valence-electron chi connectivity index (χ2n) is 4.22. The maximum atomic E-state index is 11.8. The minimum atomic E-state index is -0.279. The lowest BCUT2D eigenvalue weighted by molar-refractivity contribution is -0.143. The van der Waals surface area contributed by atoms with Crippen LogP contribution in [0.4, 0.5) is 0 Å². The van der Waals surface area contributed by atoms with E-state index in [-0.39, 0.29) is 17.9 Å². The van der Waals surface area contributed by atoms with Gasteiger partial charge in [-0.3, -0.25) is 9.59 Å². The summed E-state index contributed by atoms with van der Waals surface area (Å²) in [7, 11) is 1.54. The minimum absolute atomic E-state index is 0.230. The standard InChI is InChI=1S/C14H16N2O4/c1-3-20-13(17)7-6-12-10-5-4-9(19-2)8-11(10)14(18)16-15-12/h4-5,8H,3,6-7H2,1-2H3,(H,16,18). The molecule has 0 saturated carbocycles. The fourth-order valence-electron chi connectivity index (χ4n) is 1.97. The molecular formula is C14H16N2O4. The van der Waals surface area contributed by atoms with Gasteiger partial charge in [-0.05, 0) is 25.1 Å². The lowest BCUT2D eigenvalue weighted by Gasteiger charge is -2.06. The molecule has 0 radical (unpaired) electrons. The number of carbonyl (C=O) groups excluding carboxylic acids is 1. The Bertz CT molecular complexity index is 678. The Hall–Kier alpha value is -2.37. The van der Waals surface area contributed by atoms with E-state index in [9.17, 15) is 9.59 Å². The van der Waals surface area contributed by atoms with Crippen molar-refractivity contribution in [3.63, 3.8) is 0 Å². The van der Waals surface area contributed by atoms with Crippen molar-refractivity contribution in [3.05, 3.63) is 34.2 Å². The molecule has 2 rings (SSSR count). The van der Waals surface area contributed by atoms with E-state index in [1.54, 1.807) is 25.1 Å². The number of hydrogen-bond donors (Lipinski definition) is 1. The van der Waals surface area contributed by atoms with Crippen LogP contribution in [0.3, 0.4) is 0 Å². The van der Waals surface area contributed by atoms with Crippen LogP contribution in [-0.4, -0.2) is 29.9 Å². The zero-order valence-corrected chi connectivity index (χ0v) is 11.4. The van der Waals surface area contributed by atoms with Crippen LogP contribution in [0.2, 0.25) is 0 Å². The van der Waals surface area contributed by atoms with Crippen molar-refractivity contribution in [2.24, 2.45) is 0 Å². The van der Waals surface area contributed by atoms with E-state index in [1.165, 1.54) is 7.11 Å². The molecular weight excluding hydrogens is 260 g/mol. The summed E-state index contributed by atoms with van der Waals surface area (Å²) < 4.78 is 9.98. The van der Waals surface area contributed by atoms with Crippen molar-refractivity contribution in [2.45, 2.75) is 19.8 Å². The second kappa shape index (κ2) is 6.18. The molecule has 2 aromatic rings. The van der Waals surface area contributed by atoms with Gasteiger partial charge in [-0.1, -0.05) is 0 Å². The molecule has 0 unspecified atom stereocenters. The van der Waals surface area contributed by atoms with Gasteiger partial charge in [0.2, 0.25) is 0 Å². The molecule has 0 bridgehead atoms. The highest BCUT2D eigenvalue weighted by Gasteiger charge is 2.10. The molecule has 20 heavy (non-hydrogen) atoms. The van der Waals surface area contributed by atoms with Crippen LogP contribution in [-0.2, 0) is 16.0 Å². The molecule has 6 heteroatoms. The Balaban J connectivity index is 2.32. The van der Waals surface area contributed by atoms with Crippen LogP contribution in [0.25, 0.3) is 10.8 Å². The molecule has 1 aromatic carbocycles. The predicted octanol–water partition coefficient (Wildman–Crippen LogP) is 1.43. The summed E-state index contributed by atoms with van der Waals surface area (Å²) in [6.07, 6.45) is 0.645. The average molecular weight is 276 g/mol. The van der Waals surface area contributed by atoms with Gasteiger partial charge in [-0.2, -0.15) is 5.10 Å². The number of nitrogens with one attached hydrogen (secondary N) is 1. The van der Waals surface area contributed by atoms with Crippen molar-refractivity contribution in [1.82, 2.24) is 10.2 Å². The number of aromatic amines is 1. The molecule has 1 N–H and O–H groups in total. The monoisotopic (exact) mass is 276 g/mol. The zero-order chi connectivity index (χ0) is 14.5. The van der Waals surface area contributed by atoms with E-state index in [0.29, 0.717) is 29.9 Å². The third-order valence-electron chi connectivity index (χ3n) is 2.95. The van der Waals surface area contributed by atoms with Gasteiger partial charge in [0.05, 0.1) is 31.2 Å². The molecule has 0 saturated heterocycles. The number of fused-ring (bicyclic) bond motifs is 1. The highest BCUT2D eigenvalue weighted by Crippen LogP contribution is 2.20. The Morgan fingerprint density at radius 3 is 2.85 bits per heavy atom. The SMILES string of the molecule is CCOC(=O)CCc1n[nH]c(=O)c2cc(OC)ccc12. The summed E-state index contributed by atoms with van der Waals surface area (Å²) in [5.41, 5.74) is 0.383. The third-order valence-corrected chi connectivity index (χ3v) is 2.95. The zero-order valence-electron chi connectivity index (χ0n) is 11.4. The van der Waals surface area contributed by atoms with Crippen LogP contribution in [0.5, 0.6) is 5.75 Å². The summed E-state index contributed by atoms with van der Waals surface area (Å²) in [6, 6.07) is 5.19. The number of aryl methyl sites for hydroxylation is 1. The number of H-pyrrole nitrogens is 1. The molecule has 1 aromatic heterocycles. The highest BCUT2D eigenvalue weighted by atomic mass is 16.5. The predicted molar refractivity (Wildman–Crippen MR) is 73.9 cm³/mol. The maximum absolute atomic E-state index is 11.8. The first-order chi connectivity index (χ1) is 9.65. The van der Waals surface area contributed by atoms with Gasteiger partial charge in [0, 0.05) is 11.8 Å². The largest absolute Gasteiger partial charge is 0.497 e. The molecule has 0 aliphatic rings. The summed E-state index contributed by atoms with van der Waals surface area (Å²) >= 11 is 0. The van der Waals surface area contributed by atoms with E-state index in [0.717, 1.165) is 5.39 Å². The summed E-state index contributed by atoms with van der Waals surface area (Å²) in [6.45, 7) is 2.12. The quantitative estimate of drug-likeness (QED) is 0.835. The second-order valence-corrected chi connectivity index (χ2v) is 4.22. The van der Waals surface area contributed by atoms with Crippen LogP contribution in [0, 0.1) is 0 Å². The van der Waals surface area contributed by atoms with Crippen LogP contribution in [0.1, 0.15) is 19.0 Å². The van der Waals surface area contributed by atoms with Gasteiger partial charge in [0.1, 0.15) is 5.75 Å². The Morgan fingerprint density at radius 2 is 2.15 bits per heavy atom. The number of esters is 1. The number of carbonyl (C=O) groups is 1.